The van der Waals surface area contributed by atoms with Crippen molar-refractivity contribution >= 4 is 11.9 Å². The van der Waals surface area contributed by atoms with Gasteiger partial charge in [0.25, 0.3) is 0 Å². The molecule has 2 unspecified atom stereocenters. The second kappa shape index (κ2) is 6.36. The molecular weight excluding hydrogens is 314 g/mol. The zero-order valence-corrected chi connectivity index (χ0v) is 14.9. The molecular formula is C20H27N3O2. The largest absolute Gasteiger partial charge is 0.338 e. The van der Waals surface area contributed by atoms with E-state index in [2.05, 4.69) is 36.5 Å². The number of carbonyl (C=O) groups is 2. The first-order chi connectivity index (χ1) is 12.1. The monoisotopic (exact) mass is 341 g/mol. The van der Waals surface area contributed by atoms with E-state index in [4.69, 9.17) is 0 Å². The van der Waals surface area contributed by atoms with Crippen molar-refractivity contribution in [3.05, 3.63) is 35.9 Å². The van der Waals surface area contributed by atoms with Crippen LogP contribution in [0.25, 0.3) is 0 Å². The highest BCUT2D eigenvalue weighted by atomic mass is 16.2. The minimum Gasteiger partial charge on any atom is -0.338 e. The number of hydrogen-bond donors (Lipinski definition) is 1. The average molecular weight is 341 g/mol. The molecule has 25 heavy (non-hydrogen) atoms. The van der Waals surface area contributed by atoms with E-state index in [1.165, 1.54) is 12.0 Å². The number of urea groups is 1. The minimum absolute atomic E-state index is 0.0653. The summed E-state index contributed by atoms with van der Waals surface area (Å²) in [6, 6.07) is 10.4. The molecule has 4 rings (SSSR count). The molecule has 0 aliphatic carbocycles. The molecule has 1 aromatic rings. The fraction of sp³-hybridized carbons (Fsp3) is 0.600. The van der Waals surface area contributed by atoms with Crippen LogP contribution in [0.4, 0.5) is 4.79 Å². The van der Waals surface area contributed by atoms with Crippen molar-refractivity contribution in [1.29, 1.82) is 0 Å². The van der Waals surface area contributed by atoms with Gasteiger partial charge < -0.3 is 15.1 Å². The first kappa shape index (κ1) is 16.4. The summed E-state index contributed by atoms with van der Waals surface area (Å²) in [5, 5.41) is 3.00. The maximum atomic E-state index is 12.6. The van der Waals surface area contributed by atoms with Gasteiger partial charge >= 0.3 is 6.03 Å². The quantitative estimate of drug-likeness (QED) is 0.918. The van der Waals surface area contributed by atoms with Crippen molar-refractivity contribution in [2.75, 3.05) is 19.6 Å². The van der Waals surface area contributed by atoms with Crippen LogP contribution in [0.5, 0.6) is 0 Å². The summed E-state index contributed by atoms with van der Waals surface area (Å²) in [7, 11) is 0. The van der Waals surface area contributed by atoms with Crippen molar-refractivity contribution < 1.29 is 9.59 Å². The van der Waals surface area contributed by atoms with Crippen LogP contribution in [-0.2, 0) is 10.2 Å². The Bertz CT molecular complexity index is 654. The van der Waals surface area contributed by atoms with Crippen LogP contribution in [-0.4, -0.2) is 53.5 Å². The lowest BCUT2D eigenvalue weighted by atomic mass is 9.72. The van der Waals surface area contributed by atoms with E-state index < -0.39 is 0 Å². The minimum atomic E-state index is -0.330. The summed E-state index contributed by atoms with van der Waals surface area (Å²) in [6.07, 6.45) is 5.15. The molecule has 134 valence electrons. The Morgan fingerprint density at radius 2 is 2.00 bits per heavy atom. The Morgan fingerprint density at radius 1 is 1.24 bits per heavy atom. The zero-order valence-electron chi connectivity index (χ0n) is 14.9. The molecule has 3 aliphatic heterocycles. The number of piperidine rings is 1. The first-order valence-electron chi connectivity index (χ1n) is 9.54. The van der Waals surface area contributed by atoms with Crippen LogP contribution in [0.15, 0.2) is 30.3 Å². The fourth-order valence-electron chi connectivity index (χ4n) is 4.70. The summed E-state index contributed by atoms with van der Waals surface area (Å²) < 4.78 is 0. The normalized spacial score (nSPS) is 27.6. The van der Waals surface area contributed by atoms with Crippen LogP contribution in [0.1, 0.15) is 44.6 Å². The van der Waals surface area contributed by atoms with Gasteiger partial charge in [0, 0.05) is 31.1 Å². The Morgan fingerprint density at radius 3 is 2.68 bits per heavy atom. The molecule has 1 N–H and O–H groups in total. The smallest absolute Gasteiger partial charge is 0.318 e. The number of rotatable bonds is 3. The molecule has 2 atom stereocenters. The average Bonchev–Trinajstić information content (AvgIpc) is 2.92. The van der Waals surface area contributed by atoms with Crippen molar-refractivity contribution in [3.63, 3.8) is 0 Å². The zero-order chi connectivity index (χ0) is 17.4. The van der Waals surface area contributed by atoms with Crippen LogP contribution in [0.2, 0.25) is 0 Å². The third-order valence-electron chi connectivity index (χ3n) is 6.35. The molecule has 0 saturated carbocycles. The maximum absolute atomic E-state index is 12.6. The van der Waals surface area contributed by atoms with Gasteiger partial charge in [-0.25, -0.2) is 4.79 Å². The molecule has 3 fully saturated rings. The van der Waals surface area contributed by atoms with Crippen LogP contribution in [0, 0.1) is 0 Å². The summed E-state index contributed by atoms with van der Waals surface area (Å²) in [5.74, 6) is 0.114. The number of nitrogens with zero attached hydrogens (tertiary/aromatic N) is 2. The number of nitrogens with one attached hydrogen (secondary N) is 1. The second-order valence-corrected chi connectivity index (χ2v) is 7.77. The number of hydrogen-bond acceptors (Lipinski definition) is 2. The summed E-state index contributed by atoms with van der Waals surface area (Å²) in [6.45, 7) is 4.49. The Labute approximate surface area is 149 Å². The molecule has 0 spiro atoms. The van der Waals surface area contributed by atoms with E-state index >= 15 is 0 Å². The lowest BCUT2D eigenvalue weighted by Gasteiger charge is -2.50. The maximum Gasteiger partial charge on any atom is 0.318 e. The SMILES string of the molecule is CCC1(c2ccccc2)CN(C(=O)NC2CC3CCCCN3C2=O)C1. The molecule has 1 aromatic carbocycles. The predicted molar refractivity (Wildman–Crippen MR) is 96.3 cm³/mol. The van der Waals surface area contributed by atoms with E-state index in [1.54, 1.807) is 0 Å². The predicted octanol–water partition coefficient (Wildman–Crippen LogP) is 2.51. The standard InChI is InChI=1S/C20H27N3O2/c1-2-20(15-8-4-3-5-9-15)13-22(14-20)19(25)21-17-12-16-10-6-7-11-23(16)18(17)24/h3-5,8-9,16-17H,2,6-7,10-14H2,1H3,(H,21,25). The highest BCUT2D eigenvalue weighted by molar-refractivity contribution is 5.89. The Balaban J connectivity index is 1.36. The van der Waals surface area contributed by atoms with Gasteiger partial charge in [-0.15, -0.1) is 0 Å². The molecule has 0 aromatic heterocycles. The number of carbonyl (C=O) groups excluding carboxylic acids is 2. The van der Waals surface area contributed by atoms with E-state index in [-0.39, 0.29) is 23.4 Å². The molecule has 0 radical (unpaired) electrons. The first-order valence-corrected chi connectivity index (χ1v) is 9.54. The van der Waals surface area contributed by atoms with Crippen molar-refractivity contribution in [2.45, 2.75) is 56.5 Å². The molecule has 3 aliphatic rings. The van der Waals surface area contributed by atoms with Crippen molar-refractivity contribution in [3.8, 4) is 0 Å². The number of likely N-dealkylation sites (tertiary alicyclic amines) is 1. The molecule has 3 amide bonds. The van der Waals surface area contributed by atoms with Crippen molar-refractivity contribution in [1.82, 2.24) is 15.1 Å². The van der Waals surface area contributed by atoms with E-state index in [9.17, 15) is 9.59 Å². The highest BCUT2D eigenvalue weighted by Crippen LogP contribution is 2.37. The van der Waals surface area contributed by atoms with Crippen LogP contribution < -0.4 is 5.32 Å². The van der Waals surface area contributed by atoms with Gasteiger partial charge in [0.15, 0.2) is 0 Å². The number of benzene rings is 1. The van der Waals surface area contributed by atoms with E-state index in [0.29, 0.717) is 6.04 Å². The second-order valence-electron chi connectivity index (χ2n) is 7.77. The van der Waals surface area contributed by atoms with Gasteiger partial charge in [-0.3, -0.25) is 4.79 Å². The van der Waals surface area contributed by atoms with Gasteiger partial charge in [0.2, 0.25) is 5.91 Å². The molecule has 5 nitrogen and oxygen atoms in total. The molecule has 3 saturated heterocycles. The molecule has 3 heterocycles. The lowest BCUT2D eigenvalue weighted by Crippen LogP contribution is -2.64. The fourth-order valence-corrected chi connectivity index (χ4v) is 4.70. The van der Waals surface area contributed by atoms with Gasteiger partial charge in [0.1, 0.15) is 6.04 Å². The van der Waals surface area contributed by atoms with Crippen LogP contribution >= 0.6 is 0 Å². The molecule has 5 heteroatoms. The third kappa shape index (κ3) is 2.79. The van der Waals surface area contributed by atoms with Gasteiger partial charge in [-0.2, -0.15) is 0 Å². The summed E-state index contributed by atoms with van der Waals surface area (Å²) in [5.41, 5.74) is 1.37. The Kier molecular flexibility index (Phi) is 4.18. The van der Waals surface area contributed by atoms with Crippen molar-refractivity contribution in [2.24, 2.45) is 0 Å². The third-order valence-corrected chi connectivity index (χ3v) is 6.35. The van der Waals surface area contributed by atoms with Gasteiger partial charge in [0.05, 0.1) is 0 Å². The summed E-state index contributed by atoms with van der Waals surface area (Å²) in [4.78, 5) is 28.9. The van der Waals surface area contributed by atoms with Crippen LogP contribution in [0.3, 0.4) is 0 Å². The molecule has 0 bridgehead atoms. The number of fused-ring (bicyclic) bond motifs is 1. The highest BCUT2D eigenvalue weighted by Gasteiger charge is 2.47. The van der Waals surface area contributed by atoms with Gasteiger partial charge in [-0.1, -0.05) is 37.3 Å². The van der Waals surface area contributed by atoms with Gasteiger partial charge in [-0.05, 0) is 37.7 Å². The van der Waals surface area contributed by atoms with E-state index in [0.717, 1.165) is 45.3 Å². The Hall–Kier alpha value is -2.04. The summed E-state index contributed by atoms with van der Waals surface area (Å²) >= 11 is 0. The van der Waals surface area contributed by atoms with E-state index in [1.807, 2.05) is 15.9 Å². The lowest BCUT2D eigenvalue weighted by molar-refractivity contribution is -0.131. The topological polar surface area (TPSA) is 52.7 Å². The number of amides is 3.